The summed E-state index contributed by atoms with van der Waals surface area (Å²) in [6.45, 7) is 2.78. The van der Waals surface area contributed by atoms with E-state index in [0.717, 1.165) is 12.1 Å². The minimum absolute atomic E-state index is 0.0897. The van der Waals surface area contributed by atoms with E-state index in [2.05, 4.69) is 5.10 Å². The molecular formula is C23H23F2N3O3. The van der Waals surface area contributed by atoms with Crippen molar-refractivity contribution < 1.29 is 23.0 Å². The first-order valence-corrected chi connectivity index (χ1v) is 10.4. The second-order valence-electron chi connectivity index (χ2n) is 8.12. The van der Waals surface area contributed by atoms with Crippen LogP contribution in [-0.4, -0.2) is 47.4 Å². The lowest BCUT2D eigenvalue weighted by Gasteiger charge is -2.29. The van der Waals surface area contributed by atoms with Crippen LogP contribution in [-0.2, 0) is 4.74 Å². The lowest BCUT2D eigenvalue weighted by atomic mass is 10.0. The van der Waals surface area contributed by atoms with Gasteiger partial charge < -0.3 is 14.4 Å². The van der Waals surface area contributed by atoms with E-state index >= 15 is 0 Å². The number of alkyl halides is 1. The predicted molar refractivity (Wildman–Crippen MR) is 111 cm³/mol. The molecule has 3 atom stereocenters. The van der Waals surface area contributed by atoms with Crippen molar-refractivity contribution in [2.45, 2.75) is 38.1 Å². The number of carbonyl (C=O) groups is 1. The molecule has 0 amide bonds. The Morgan fingerprint density at radius 2 is 2.16 bits per heavy atom. The van der Waals surface area contributed by atoms with Gasteiger partial charge in [-0.2, -0.15) is 5.10 Å². The molecule has 31 heavy (non-hydrogen) atoms. The number of hydrogen-bond donors (Lipinski definition) is 0. The van der Waals surface area contributed by atoms with Gasteiger partial charge in [-0.15, -0.1) is 0 Å². The van der Waals surface area contributed by atoms with Crippen molar-refractivity contribution >= 4 is 17.0 Å². The van der Waals surface area contributed by atoms with E-state index in [-0.39, 0.29) is 24.9 Å². The van der Waals surface area contributed by atoms with Gasteiger partial charge in [0.05, 0.1) is 36.5 Å². The number of Topliss-reactive ketones (excluding diaryl/α,β-unsaturated/α-hetero) is 1. The highest BCUT2D eigenvalue weighted by Gasteiger charge is 2.36. The molecule has 0 radical (unpaired) electrons. The van der Waals surface area contributed by atoms with Gasteiger partial charge in [-0.25, -0.2) is 13.3 Å². The normalized spacial score (nSPS) is 23.6. The largest absolute Gasteiger partial charge is 0.488 e. The molecule has 0 aliphatic carbocycles. The van der Waals surface area contributed by atoms with Crippen LogP contribution in [0, 0.1) is 5.82 Å². The van der Waals surface area contributed by atoms with E-state index < -0.39 is 18.0 Å². The lowest BCUT2D eigenvalue weighted by molar-refractivity contribution is 0.101. The van der Waals surface area contributed by atoms with Crippen molar-refractivity contribution in [3.63, 3.8) is 0 Å². The van der Waals surface area contributed by atoms with Crippen LogP contribution >= 0.6 is 0 Å². The van der Waals surface area contributed by atoms with E-state index in [4.69, 9.17) is 9.47 Å². The molecule has 3 aromatic rings. The Bertz CT molecular complexity index is 1130. The summed E-state index contributed by atoms with van der Waals surface area (Å²) in [7, 11) is 0. The fraction of sp³-hybridized carbons (Fsp3) is 0.391. The first-order valence-electron chi connectivity index (χ1n) is 10.4. The number of ketones is 1. The second kappa shape index (κ2) is 7.92. The van der Waals surface area contributed by atoms with Crippen LogP contribution in [0.25, 0.3) is 5.52 Å². The first-order chi connectivity index (χ1) is 15.0. The lowest BCUT2D eigenvalue weighted by Crippen LogP contribution is -2.25. The molecule has 8 heteroatoms. The van der Waals surface area contributed by atoms with Crippen LogP contribution < -0.4 is 9.64 Å². The van der Waals surface area contributed by atoms with Crippen LogP contribution in [0.1, 0.15) is 41.7 Å². The molecule has 0 spiro atoms. The topological polar surface area (TPSA) is 56.1 Å². The molecule has 2 aromatic heterocycles. The molecule has 2 saturated heterocycles. The number of aromatic nitrogens is 2. The van der Waals surface area contributed by atoms with Gasteiger partial charge in [0.15, 0.2) is 5.78 Å². The smallest absolute Gasteiger partial charge is 0.163 e. The summed E-state index contributed by atoms with van der Waals surface area (Å²) in [6.07, 6.45) is 3.11. The highest BCUT2D eigenvalue weighted by Crippen LogP contribution is 2.42. The predicted octanol–water partition coefficient (Wildman–Crippen LogP) is 4.13. The Kier molecular flexibility index (Phi) is 5.09. The molecular weight excluding hydrogens is 404 g/mol. The van der Waals surface area contributed by atoms with Crippen molar-refractivity contribution in [1.82, 2.24) is 9.61 Å². The number of ether oxygens (including phenoxy) is 2. The quantitative estimate of drug-likeness (QED) is 0.573. The van der Waals surface area contributed by atoms with Crippen LogP contribution in [0.5, 0.6) is 5.75 Å². The Balaban J connectivity index is 1.53. The molecule has 4 heterocycles. The minimum Gasteiger partial charge on any atom is -0.488 e. The van der Waals surface area contributed by atoms with Crippen molar-refractivity contribution in [2.75, 3.05) is 24.7 Å². The van der Waals surface area contributed by atoms with Crippen molar-refractivity contribution in [1.29, 1.82) is 0 Å². The second-order valence-corrected chi connectivity index (χ2v) is 8.12. The zero-order valence-electron chi connectivity index (χ0n) is 17.1. The average Bonchev–Trinajstić information content (AvgIpc) is 3.48. The van der Waals surface area contributed by atoms with E-state index in [0.29, 0.717) is 35.6 Å². The average molecular weight is 427 g/mol. The highest BCUT2D eigenvalue weighted by molar-refractivity contribution is 6.00. The summed E-state index contributed by atoms with van der Waals surface area (Å²) in [4.78, 5) is 13.9. The molecule has 1 unspecified atom stereocenters. The molecule has 0 saturated carbocycles. The summed E-state index contributed by atoms with van der Waals surface area (Å²) in [5, 5.41) is 4.20. The van der Waals surface area contributed by atoms with Crippen molar-refractivity contribution in [2.24, 2.45) is 0 Å². The summed E-state index contributed by atoms with van der Waals surface area (Å²) in [5.74, 6) is 0.0707. The van der Waals surface area contributed by atoms with Crippen LogP contribution in [0.4, 0.5) is 14.5 Å². The molecule has 6 nitrogen and oxygen atoms in total. The number of nitrogens with zero attached hydrogens (tertiary/aromatic N) is 3. The number of rotatable bonds is 5. The van der Waals surface area contributed by atoms with Gasteiger partial charge >= 0.3 is 0 Å². The number of fused-ring (bicyclic) bond motifs is 1. The van der Waals surface area contributed by atoms with Gasteiger partial charge in [-0.3, -0.25) is 4.79 Å². The van der Waals surface area contributed by atoms with E-state index in [1.165, 1.54) is 25.3 Å². The number of hydrogen-bond acceptors (Lipinski definition) is 5. The van der Waals surface area contributed by atoms with Gasteiger partial charge in [0.25, 0.3) is 0 Å². The van der Waals surface area contributed by atoms with Gasteiger partial charge in [0, 0.05) is 36.8 Å². The van der Waals surface area contributed by atoms with Crippen LogP contribution in [0.15, 0.2) is 42.7 Å². The Morgan fingerprint density at radius 1 is 1.29 bits per heavy atom. The minimum atomic E-state index is -1.07. The Morgan fingerprint density at radius 3 is 2.94 bits per heavy atom. The number of halogens is 2. The molecule has 5 rings (SSSR count). The highest BCUT2D eigenvalue weighted by atomic mass is 19.1. The maximum atomic E-state index is 14.6. The zero-order valence-corrected chi connectivity index (χ0v) is 17.1. The molecule has 2 fully saturated rings. The monoisotopic (exact) mass is 427 g/mol. The van der Waals surface area contributed by atoms with Crippen LogP contribution in [0.2, 0.25) is 0 Å². The third-order valence-electron chi connectivity index (χ3n) is 5.98. The number of pyridine rings is 1. The molecule has 2 aliphatic rings. The van der Waals surface area contributed by atoms with E-state index in [1.807, 2.05) is 17.0 Å². The Labute approximate surface area is 178 Å². The maximum Gasteiger partial charge on any atom is 0.163 e. The summed E-state index contributed by atoms with van der Waals surface area (Å²) >= 11 is 0. The third kappa shape index (κ3) is 3.76. The molecule has 162 valence electrons. The first kappa shape index (κ1) is 19.9. The zero-order chi connectivity index (χ0) is 21.5. The standard InChI is InChI=1S/C23H23F2N3O3/c1-14(29)20-11-26-28-6-4-17(10-22(20)28)27-12-16(25)9-21(27)19-8-15(24)2-3-23(19)31-18-5-7-30-13-18/h2-4,6,8,10-11,16,18,21H,5,7,9,12-13H2,1H3/t16-,18?,21+/m0/s1. The van der Waals surface area contributed by atoms with Gasteiger partial charge in [-0.1, -0.05) is 0 Å². The van der Waals surface area contributed by atoms with Crippen molar-refractivity contribution in [3.8, 4) is 5.75 Å². The summed E-state index contributed by atoms with van der Waals surface area (Å²) < 4.78 is 41.9. The third-order valence-corrected chi connectivity index (χ3v) is 5.98. The maximum absolute atomic E-state index is 14.6. The van der Waals surface area contributed by atoms with Gasteiger partial charge in [0.2, 0.25) is 0 Å². The molecule has 1 aromatic carbocycles. The van der Waals surface area contributed by atoms with Gasteiger partial charge in [0.1, 0.15) is 23.8 Å². The Hall–Kier alpha value is -3.00. The molecule has 0 N–H and O–H groups in total. The van der Waals surface area contributed by atoms with E-state index in [1.54, 1.807) is 16.8 Å². The summed E-state index contributed by atoms with van der Waals surface area (Å²) in [6, 6.07) is 7.67. The fourth-order valence-electron chi connectivity index (χ4n) is 4.46. The van der Waals surface area contributed by atoms with Gasteiger partial charge in [-0.05, 0) is 37.3 Å². The number of benzene rings is 1. The summed E-state index contributed by atoms with van der Waals surface area (Å²) in [5.41, 5.74) is 2.53. The molecule has 2 aliphatic heterocycles. The van der Waals surface area contributed by atoms with E-state index in [9.17, 15) is 13.6 Å². The SMILES string of the molecule is CC(=O)c1cnn2ccc(N3C[C@@H](F)C[C@@H]3c3cc(F)ccc3OC3CCOC3)cc12. The van der Waals surface area contributed by atoms with Crippen molar-refractivity contribution in [3.05, 3.63) is 59.7 Å². The fourth-order valence-corrected chi connectivity index (χ4v) is 4.46. The number of carbonyl (C=O) groups excluding carboxylic acids is 1. The molecule has 0 bridgehead atoms. The van der Waals surface area contributed by atoms with Crippen LogP contribution in [0.3, 0.4) is 0 Å². The number of anilines is 1.